The van der Waals surface area contributed by atoms with Crippen molar-refractivity contribution < 1.29 is 23.5 Å². The fraction of sp³-hybridized carbons (Fsp3) is 0.286. The van der Waals surface area contributed by atoms with Gasteiger partial charge in [0, 0.05) is 25.1 Å². The summed E-state index contributed by atoms with van der Waals surface area (Å²) < 4.78 is 24.3. The molecule has 1 fully saturated rings. The van der Waals surface area contributed by atoms with Gasteiger partial charge >= 0.3 is 0 Å². The van der Waals surface area contributed by atoms with E-state index in [1.807, 2.05) is 55.5 Å². The first-order chi connectivity index (χ1) is 17.1. The minimum Gasteiger partial charge on any atom is -0.483 e. The van der Waals surface area contributed by atoms with Crippen LogP contribution in [0.25, 0.3) is 0 Å². The van der Waals surface area contributed by atoms with Crippen molar-refractivity contribution in [1.29, 1.82) is 0 Å². The molecule has 0 saturated carbocycles. The fourth-order valence-electron chi connectivity index (χ4n) is 3.78. The molecule has 6 nitrogen and oxygen atoms in total. The summed E-state index contributed by atoms with van der Waals surface area (Å²) in [5.41, 5.74) is 4.50. The Morgan fingerprint density at radius 2 is 1.74 bits per heavy atom. The van der Waals surface area contributed by atoms with Crippen LogP contribution in [0.2, 0.25) is 0 Å². The van der Waals surface area contributed by atoms with Gasteiger partial charge in [0.25, 0.3) is 5.91 Å². The van der Waals surface area contributed by atoms with Crippen LogP contribution >= 0.6 is 0 Å². The van der Waals surface area contributed by atoms with Crippen LogP contribution in [0.5, 0.6) is 5.75 Å². The molecule has 1 heterocycles. The van der Waals surface area contributed by atoms with E-state index in [9.17, 15) is 9.18 Å². The molecule has 35 heavy (non-hydrogen) atoms. The molecule has 0 spiro atoms. The topological polar surface area (TPSA) is 60.4 Å². The standard InChI is InChI=1S/C28H29FN2O4/c1-21-17-24(9-12-27(21)34-20-28(32)31-13-15-33-16-14-31)26(18-22-5-3-2-4-6-22)30-35-19-23-7-10-25(29)11-8-23/h2-12,17H,13-16,18-20H2,1H3/b30-26+. The number of halogens is 1. The van der Waals surface area contributed by atoms with E-state index >= 15 is 0 Å². The normalized spacial score (nSPS) is 14.0. The average molecular weight is 477 g/mol. The molecule has 1 aliphatic heterocycles. The number of carbonyl (C=O) groups excluding carboxylic acids is 1. The van der Waals surface area contributed by atoms with E-state index in [2.05, 4.69) is 5.16 Å². The summed E-state index contributed by atoms with van der Waals surface area (Å²) in [7, 11) is 0. The van der Waals surface area contributed by atoms with Crippen LogP contribution in [0.1, 0.15) is 22.3 Å². The average Bonchev–Trinajstić information content (AvgIpc) is 2.89. The number of aryl methyl sites for hydroxylation is 1. The minimum absolute atomic E-state index is 0.00801. The van der Waals surface area contributed by atoms with Crippen molar-refractivity contribution in [2.24, 2.45) is 5.16 Å². The van der Waals surface area contributed by atoms with Gasteiger partial charge in [-0.3, -0.25) is 4.79 Å². The van der Waals surface area contributed by atoms with Gasteiger partial charge < -0.3 is 19.2 Å². The lowest BCUT2D eigenvalue weighted by molar-refractivity contribution is -0.137. The molecule has 3 aromatic carbocycles. The zero-order valence-corrected chi connectivity index (χ0v) is 19.8. The first-order valence-electron chi connectivity index (χ1n) is 11.6. The molecular formula is C28H29FN2O4. The summed E-state index contributed by atoms with van der Waals surface area (Å²) in [5, 5.41) is 4.42. The van der Waals surface area contributed by atoms with Crippen LogP contribution in [0.3, 0.4) is 0 Å². The highest BCUT2D eigenvalue weighted by Gasteiger charge is 2.18. The monoisotopic (exact) mass is 476 g/mol. The summed E-state index contributed by atoms with van der Waals surface area (Å²) in [6, 6.07) is 21.9. The van der Waals surface area contributed by atoms with E-state index in [0.29, 0.717) is 38.5 Å². The van der Waals surface area contributed by atoms with Crippen molar-refractivity contribution in [1.82, 2.24) is 4.90 Å². The Kier molecular flexibility index (Phi) is 8.46. The van der Waals surface area contributed by atoms with Crippen LogP contribution in [-0.4, -0.2) is 49.4 Å². The molecule has 182 valence electrons. The van der Waals surface area contributed by atoms with Gasteiger partial charge in [0.1, 0.15) is 18.2 Å². The molecule has 4 rings (SSSR count). The third-order valence-corrected chi connectivity index (χ3v) is 5.76. The number of hydrogen-bond acceptors (Lipinski definition) is 5. The molecule has 0 bridgehead atoms. The number of ether oxygens (including phenoxy) is 2. The number of amides is 1. The van der Waals surface area contributed by atoms with E-state index in [1.165, 1.54) is 12.1 Å². The lowest BCUT2D eigenvalue weighted by Gasteiger charge is -2.26. The Morgan fingerprint density at radius 3 is 2.46 bits per heavy atom. The van der Waals surface area contributed by atoms with E-state index in [4.69, 9.17) is 14.3 Å². The second-order valence-corrected chi connectivity index (χ2v) is 8.36. The first kappa shape index (κ1) is 24.4. The Hall–Kier alpha value is -3.71. The zero-order valence-electron chi connectivity index (χ0n) is 19.8. The molecular weight excluding hydrogens is 447 g/mol. The zero-order chi connectivity index (χ0) is 24.5. The Bertz CT molecular complexity index is 1140. The van der Waals surface area contributed by atoms with Crippen molar-refractivity contribution in [2.45, 2.75) is 20.0 Å². The van der Waals surface area contributed by atoms with E-state index in [0.717, 1.165) is 28.0 Å². The molecule has 7 heteroatoms. The lowest BCUT2D eigenvalue weighted by Crippen LogP contribution is -2.43. The minimum atomic E-state index is -0.286. The maximum Gasteiger partial charge on any atom is 0.260 e. The smallest absolute Gasteiger partial charge is 0.260 e. The number of morpholine rings is 1. The van der Waals surface area contributed by atoms with Gasteiger partial charge in [-0.25, -0.2) is 4.39 Å². The van der Waals surface area contributed by atoms with Gasteiger partial charge in [0.15, 0.2) is 6.61 Å². The second-order valence-electron chi connectivity index (χ2n) is 8.36. The van der Waals surface area contributed by atoms with Crippen LogP contribution in [0.4, 0.5) is 4.39 Å². The van der Waals surface area contributed by atoms with Crippen LogP contribution < -0.4 is 4.74 Å². The highest BCUT2D eigenvalue weighted by atomic mass is 19.1. The number of oxime groups is 1. The third-order valence-electron chi connectivity index (χ3n) is 5.76. The van der Waals surface area contributed by atoms with Gasteiger partial charge in [-0.1, -0.05) is 47.6 Å². The molecule has 1 amide bonds. The van der Waals surface area contributed by atoms with Crippen molar-refractivity contribution in [2.75, 3.05) is 32.9 Å². The summed E-state index contributed by atoms with van der Waals surface area (Å²) in [6.07, 6.45) is 0.583. The van der Waals surface area contributed by atoms with Crippen molar-refractivity contribution >= 4 is 11.6 Å². The number of nitrogens with zero attached hydrogens (tertiary/aromatic N) is 2. The molecule has 3 aromatic rings. The van der Waals surface area contributed by atoms with Crippen LogP contribution in [-0.2, 0) is 27.4 Å². The molecule has 0 atom stereocenters. The highest BCUT2D eigenvalue weighted by molar-refractivity contribution is 6.01. The van der Waals surface area contributed by atoms with Crippen LogP contribution in [0, 0.1) is 12.7 Å². The van der Waals surface area contributed by atoms with E-state index in [-0.39, 0.29) is 24.9 Å². The number of rotatable bonds is 9. The van der Waals surface area contributed by atoms with Crippen LogP contribution in [0.15, 0.2) is 78.0 Å². The maximum atomic E-state index is 13.2. The Morgan fingerprint density at radius 1 is 1.00 bits per heavy atom. The molecule has 0 aromatic heterocycles. The molecule has 0 aliphatic carbocycles. The number of carbonyl (C=O) groups is 1. The summed E-state index contributed by atoms with van der Waals surface area (Å²) in [4.78, 5) is 19.8. The van der Waals surface area contributed by atoms with Crippen molar-refractivity contribution in [3.63, 3.8) is 0 Å². The summed E-state index contributed by atoms with van der Waals surface area (Å²) >= 11 is 0. The molecule has 1 aliphatic rings. The third kappa shape index (κ3) is 7.13. The van der Waals surface area contributed by atoms with Gasteiger partial charge in [-0.15, -0.1) is 0 Å². The van der Waals surface area contributed by atoms with Gasteiger partial charge in [0.2, 0.25) is 0 Å². The quantitative estimate of drug-likeness (QED) is 0.336. The lowest BCUT2D eigenvalue weighted by atomic mass is 10.0. The van der Waals surface area contributed by atoms with Crippen molar-refractivity contribution in [3.05, 3.63) is 101 Å². The van der Waals surface area contributed by atoms with E-state index in [1.54, 1.807) is 17.0 Å². The first-order valence-corrected chi connectivity index (χ1v) is 11.6. The fourth-order valence-corrected chi connectivity index (χ4v) is 3.78. The van der Waals surface area contributed by atoms with E-state index < -0.39 is 0 Å². The molecule has 1 saturated heterocycles. The van der Waals surface area contributed by atoms with Gasteiger partial charge in [-0.2, -0.15) is 0 Å². The van der Waals surface area contributed by atoms with Crippen molar-refractivity contribution in [3.8, 4) is 5.75 Å². The summed E-state index contributed by atoms with van der Waals surface area (Å²) in [5.74, 6) is 0.324. The summed E-state index contributed by atoms with van der Waals surface area (Å²) in [6.45, 7) is 4.49. The predicted octanol–water partition coefficient (Wildman–Crippen LogP) is 4.54. The van der Waals surface area contributed by atoms with Gasteiger partial charge in [0.05, 0.1) is 18.9 Å². The molecule has 0 N–H and O–H groups in total. The highest BCUT2D eigenvalue weighted by Crippen LogP contribution is 2.21. The largest absolute Gasteiger partial charge is 0.483 e. The maximum absolute atomic E-state index is 13.2. The molecule has 0 radical (unpaired) electrons. The molecule has 0 unspecified atom stereocenters. The Balaban J connectivity index is 1.45. The Labute approximate surface area is 204 Å². The number of benzene rings is 3. The van der Waals surface area contributed by atoms with Gasteiger partial charge in [-0.05, 0) is 53.9 Å². The second kappa shape index (κ2) is 12.1. The number of hydrogen-bond donors (Lipinski definition) is 0. The predicted molar refractivity (Wildman–Crippen MR) is 132 cm³/mol. The SMILES string of the molecule is Cc1cc(/C(Cc2ccccc2)=N/OCc2ccc(F)cc2)ccc1OCC(=O)N1CCOCC1.